The number of aromatic nitrogens is 3. The minimum absolute atomic E-state index is 0.598. The zero-order valence-electron chi connectivity index (χ0n) is 7.21. The Morgan fingerprint density at radius 2 is 2.31 bits per heavy atom. The van der Waals surface area contributed by atoms with Crippen molar-refractivity contribution in [2.75, 3.05) is 7.11 Å². The minimum atomic E-state index is 0.598. The van der Waals surface area contributed by atoms with Crippen LogP contribution in [0.3, 0.4) is 0 Å². The van der Waals surface area contributed by atoms with E-state index in [-0.39, 0.29) is 0 Å². The van der Waals surface area contributed by atoms with Crippen molar-refractivity contribution >= 4 is 0 Å². The van der Waals surface area contributed by atoms with Gasteiger partial charge in [-0.25, -0.2) is 9.97 Å². The lowest BCUT2D eigenvalue weighted by molar-refractivity contribution is 0.396. The Morgan fingerprint density at radius 3 is 3.00 bits per heavy atom. The van der Waals surface area contributed by atoms with Gasteiger partial charge in [0.2, 0.25) is 5.88 Å². The van der Waals surface area contributed by atoms with Crippen LogP contribution in [0, 0.1) is 0 Å². The van der Waals surface area contributed by atoms with Gasteiger partial charge in [0.05, 0.1) is 13.4 Å². The van der Waals surface area contributed by atoms with Crippen LogP contribution in [-0.2, 0) is 0 Å². The normalized spacial score (nSPS) is 9.92. The summed E-state index contributed by atoms with van der Waals surface area (Å²) in [6.07, 6.45) is 6.96. The highest BCUT2D eigenvalue weighted by Crippen LogP contribution is 2.17. The van der Waals surface area contributed by atoms with E-state index >= 15 is 0 Å². The Morgan fingerprint density at radius 1 is 1.38 bits per heavy atom. The average molecular weight is 175 g/mol. The molecule has 2 rings (SSSR count). The Bertz CT molecular complexity index is 384. The van der Waals surface area contributed by atoms with Crippen molar-refractivity contribution in [3.8, 4) is 11.6 Å². The smallest absolute Gasteiger partial charge is 0.238 e. The van der Waals surface area contributed by atoms with Crippen molar-refractivity contribution in [3.05, 3.63) is 37.1 Å². The highest BCUT2D eigenvalue weighted by atomic mass is 16.5. The van der Waals surface area contributed by atoms with Crippen molar-refractivity contribution in [2.45, 2.75) is 0 Å². The van der Waals surface area contributed by atoms with E-state index in [1.807, 2.05) is 22.9 Å². The molecular formula is C9H9N3O. The van der Waals surface area contributed by atoms with E-state index in [0.29, 0.717) is 5.88 Å². The first-order valence-corrected chi connectivity index (χ1v) is 3.89. The van der Waals surface area contributed by atoms with Crippen LogP contribution in [0.5, 0.6) is 5.88 Å². The number of nitrogens with zero attached hydrogens (tertiary/aromatic N) is 3. The molecule has 66 valence electrons. The number of ether oxygens (including phenoxy) is 1. The summed E-state index contributed by atoms with van der Waals surface area (Å²) in [5.41, 5.74) is 0.891. The Hall–Kier alpha value is -1.84. The first kappa shape index (κ1) is 7.79. The quantitative estimate of drug-likeness (QED) is 0.690. The molecule has 0 spiro atoms. The summed E-state index contributed by atoms with van der Waals surface area (Å²) >= 11 is 0. The number of pyridine rings is 1. The molecule has 0 saturated carbocycles. The van der Waals surface area contributed by atoms with Crippen LogP contribution >= 0.6 is 0 Å². The molecule has 4 nitrogen and oxygen atoms in total. The van der Waals surface area contributed by atoms with Crippen molar-refractivity contribution in [1.29, 1.82) is 0 Å². The monoisotopic (exact) mass is 175 g/mol. The predicted octanol–water partition coefficient (Wildman–Crippen LogP) is 1.28. The standard InChI is InChI=1S/C9H9N3O/c1-13-9-8(3-2-4-11-9)12-6-5-10-7-12/h2-7H,1H3. The summed E-state index contributed by atoms with van der Waals surface area (Å²) in [5, 5.41) is 0. The van der Waals surface area contributed by atoms with E-state index < -0.39 is 0 Å². The number of methoxy groups -OCH3 is 1. The van der Waals surface area contributed by atoms with E-state index in [1.165, 1.54) is 0 Å². The molecule has 0 atom stereocenters. The maximum absolute atomic E-state index is 5.11. The van der Waals surface area contributed by atoms with Crippen molar-refractivity contribution in [2.24, 2.45) is 0 Å². The number of rotatable bonds is 2. The molecule has 2 aromatic heterocycles. The average Bonchev–Trinajstić information content (AvgIpc) is 2.70. The molecule has 0 aliphatic rings. The van der Waals surface area contributed by atoms with E-state index in [4.69, 9.17) is 4.74 Å². The lowest BCUT2D eigenvalue weighted by atomic mass is 10.4. The number of hydrogen-bond acceptors (Lipinski definition) is 3. The molecule has 0 N–H and O–H groups in total. The summed E-state index contributed by atoms with van der Waals surface area (Å²) in [6, 6.07) is 3.78. The molecule has 0 aliphatic heterocycles. The van der Waals surface area contributed by atoms with Gasteiger partial charge in [-0.05, 0) is 12.1 Å². The Balaban J connectivity index is 2.51. The van der Waals surface area contributed by atoms with Gasteiger partial charge < -0.3 is 9.30 Å². The van der Waals surface area contributed by atoms with Crippen LogP contribution in [0.15, 0.2) is 37.1 Å². The van der Waals surface area contributed by atoms with Gasteiger partial charge in [0.1, 0.15) is 5.69 Å². The van der Waals surface area contributed by atoms with Crippen LogP contribution in [0.1, 0.15) is 0 Å². The molecule has 0 aliphatic carbocycles. The second kappa shape index (κ2) is 3.26. The molecule has 0 radical (unpaired) electrons. The third-order valence-corrected chi connectivity index (χ3v) is 1.73. The fourth-order valence-corrected chi connectivity index (χ4v) is 1.14. The fraction of sp³-hybridized carbons (Fsp3) is 0.111. The molecule has 2 aromatic rings. The maximum Gasteiger partial charge on any atom is 0.238 e. The van der Waals surface area contributed by atoms with E-state index in [1.54, 1.807) is 25.8 Å². The summed E-state index contributed by atoms with van der Waals surface area (Å²) in [7, 11) is 1.60. The zero-order chi connectivity index (χ0) is 9.10. The second-order valence-electron chi connectivity index (χ2n) is 2.50. The molecule has 0 saturated heterocycles. The van der Waals surface area contributed by atoms with Crippen LogP contribution in [0.4, 0.5) is 0 Å². The van der Waals surface area contributed by atoms with Gasteiger partial charge in [0, 0.05) is 18.6 Å². The van der Waals surface area contributed by atoms with Gasteiger partial charge in [-0.15, -0.1) is 0 Å². The van der Waals surface area contributed by atoms with Gasteiger partial charge in [-0.3, -0.25) is 0 Å². The third-order valence-electron chi connectivity index (χ3n) is 1.73. The highest BCUT2D eigenvalue weighted by Gasteiger charge is 2.03. The Labute approximate surface area is 75.8 Å². The molecule has 0 fully saturated rings. The van der Waals surface area contributed by atoms with Gasteiger partial charge in [-0.2, -0.15) is 0 Å². The van der Waals surface area contributed by atoms with Crippen LogP contribution in [0.25, 0.3) is 5.69 Å². The summed E-state index contributed by atoms with van der Waals surface area (Å²) in [6.45, 7) is 0. The first-order valence-electron chi connectivity index (χ1n) is 3.89. The lowest BCUT2D eigenvalue weighted by Crippen LogP contribution is -1.96. The minimum Gasteiger partial charge on any atom is -0.480 e. The fourth-order valence-electron chi connectivity index (χ4n) is 1.14. The van der Waals surface area contributed by atoms with Gasteiger partial charge in [-0.1, -0.05) is 0 Å². The highest BCUT2D eigenvalue weighted by molar-refractivity contribution is 5.40. The predicted molar refractivity (Wildman–Crippen MR) is 47.9 cm³/mol. The summed E-state index contributed by atoms with van der Waals surface area (Å²) < 4.78 is 6.96. The van der Waals surface area contributed by atoms with Gasteiger partial charge >= 0.3 is 0 Å². The maximum atomic E-state index is 5.11. The van der Waals surface area contributed by atoms with Gasteiger partial charge in [0.15, 0.2) is 0 Å². The molecule has 0 amide bonds. The first-order chi connectivity index (χ1) is 6.42. The molecular weight excluding hydrogens is 166 g/mol. The Kier molecular flexibility index (Phi) is 1.96. The van der Waals surface area contributed by atoms with Gasteiger partial charge in [0.25, 0.3) is 0 Å². The molecule has 4 heteroatoms. The topological polar surface area (TPSA) is 39.9 Å². The lowest BCUT2D eigenvalue weighted by Gasteiger charge is -2.06. The van der Waals surface area contributed by atoms with Crippen LogP contribution in [-0.4, -0.2) is 21.6 Å². The van der Waals surface area contributed by atoms with E-state index in [0.717, 1.165) is 5.69 Å². The molecule has 0 aromatic carbocycles. The summed E-state index contributed by atoms with van der Waals surface area (Å²) in [5.74, 6) is 0.598. The van der Waals surface area contributed by atoms with Crippen molar-refractivity contribution in [3.63, 3.8) is 0 Å². The SMILES string of the molecule is COc1ncccc1-n1ccnc1. The molecule has 13 heavy (non-hydrogen) atoms. The molecule has 0 bridgehead atoms. The number of imidazole rings is 1. The largest absolute Gasteiger partial charge is 0.480 e. The zero-order valence-corrected chi connectivity index (χ0v) is 7.21. The number of hydrogen-bond donors (Lipinski definition) is 0. The van der Waals surface area contributed by atoms with Crippen LogP contribution < -0.4 is 4.74 Å². The van der Waals surface area contributed by atoms with E-state index in [9.17, 15) is 0 Å². The van der Waals surface area contributed by atoms with E-state index in [2.05, 4.69) is 9.97 Å². The van der Waals surface area contributed by atoms with Crippen molar-refractivity contribution in [1.82, 2.24) is 14.5 Å². The third kappa shape index (κ3) is 1.38. The second-order valence-corrected chi connectivity index (χ2v) is 2.50. The molecule has 0 unspecified atom stereocenters. The van der Waals surface area contributed by atoms with Crippen LogP contribution in [0.2, 0.25) is 0 Å². The van der Waals surface area contributed by atoms with Crippen molar-refractivity contribution < 1.29 is 4.74 Å². The summed E-state index contributed by atoms with van der Waals surface area (Å²) in [4.78, 5) is 8.04. The molecule has 2 heterocycles.